The summed E-state index contributed by atoms with van der Waals surface area (Å²) < 4.78 is 1.97. The summed E-state index contributed by atoms with van der Waals surface area (Å²) in [4.78, 5) is 17.1. The number of hydrogen-bond donors (Lipinski definition) is 0. The molecule has 0 aromatic carbocycles. The molecule has 4 heteroatoms. The third-order valence-corrected chi connectivity index (χ3v) is 3.57. The minimum absolute atomic E-state index is 0.292. The number of fused-ring (bicyclic) bond motifs is 1. The number of imidazole rings is 1. The monoisotopic (exact) mass is 236 g/mol. The normalized spacial score (nSPS) is 13.1. The average molecular weight is 236 g/mol. The SMILES string of the molecule is CCC(C)CC(=O)Cc1cn2ccsc2n1. The third-order valence-electron chi connectivity index (χ3n) is 2.79. The molecular formula is C12H16N2OS. The number of aromatic nitrogens is 2. The molecule has 0 N–H and O–H groups in total. The van der Waals surface area contributed by atoms with Crippen LogP contribution in [0, 0.1) is 5.92 Å². The van der Waals surface area contributed by atoms with Gasteiger partial charge in [0, 0.05) is 24.2 Å². The molecule has 3 nitrogen and oxygen atoms in total. The summed E-state index contributed by atoms with van der Waals surface area (Å²) in [5.74, 6) is 0.774. The smallest absolute Gasteiger partial charge is 0.193 e. The van der Waals surface area contributed by atoms with Crippen LogP contribution < -0.4 is 0 Å². The maximum Gasteiger partial charge on any atom is 0.193 e. The highest BCUT2D eigenvalue weighted by Gasteiger charge is 2.11. The second kappa shape index (κ2) is 4.78. The van der Waals surface area contributed by atoms with E-state index in [1.165, 1.54) is 0 Å². The zero-order chi connectivity index (χ0) is 11.5. The fraction of sp³-hybridized carbons (Fsp3) is 0.500. The van der Waals surface area contributed by atoms with Crippen molar-refractivity contribution in [3.05, 3.63) is 23.5 Å². The van der Waals surface area contributed by atoms with E-state index in [1.807, 2.05) is 22.2 Å². The van der Waals surface area contributed by atoms with Crippen molar-refractivity contribution >= 4 is 22.1 Å². The van der Waals surface area contributed by atoms with Crippen LogP contribution in [-0.4, -0.2) is 15.2 Å². The van der Waals surface area contributed by atoms with Crippen LogP contribution >= 0.6 is 11.3 Å². The molecule has 86 valence electrons. The molecule has 2 rings (SSSR count). The van der Waals surface area contributed by atoms with Crippen LogP contribution in [0.4, 0.5) is 0 Å². The highest BCUT2D eigenvalue weighted by molar-refractivity contribution is 7.15. The highest BCUT2D eigenvalue weighted by atomic mass is 32.1. The lowest BCUT2D eigenvalue weighted by Crippen LogP contribution is -2.07. The van der Waals surface area contributed by atoms with Gasteiger partial charge in [0.25, 0.3) is 0 Å². The molecule has 0 fully saturated rings. The van der Waals surface area contributed by atoms with Gasteiger partial charge in [-0.1, -0.05) is 20.3 Å². The highest BCUT2D eigenvalue weighted by Crippen LogP contribution is 2.14. The Bertz CT molecular complexity index is 457. The summed E-state index contributed by atoms with van der Waals surface area (Å²) >= 11 is 1.59. The molecule has 2 heterocycles. The first-order valence-corrected chi connectivity index (χ1v) is 6.49. The summed E-state index contributed by atoms with van der Waals surface area (Å²) in [7, 11) is 0. The van der Waals surface area contributed by atoms with Gasteiger partial charge in [0.1, 0.15) is 5.78 Å². The lowest BCUT2D eigenvalue weighted by atomic mass is 10.00. The van der Waals surface area contributed by atoms with Crippen LogP contribution in [0.25, 0.3) is 4.96 Å². The molecule has 16 heavy (non-hydrogen) atoms. The van der Waals surface area contributed by atoms with E-state index in [-0.39, 0.29) is 0 Å². The van der Waals surface area contributed by atoms with Crippen LogP contribution in [0.15, 0.2) is 17.8 Å². The first-order valence-electron chi connectivity index (χ1n) is 5.61. The van der Waals surface area contributed by atoms with Gasteiger partial charge in [0.15, 0.2) is 4.96 Å². The zero-order valence-corrected chi connectivity index (χ0v) is 10.5. The predicted molar refractivity (Wildman–Crippen MR) is 65.9 cm³/mol. The fourth-order valence-corrected chi connectivity index (χ4v) is 2.39. The second-order valence-corrected chi connectivity index (χ2v) is 5.13. The molecule has 0 aliphatic rings. The minimum atomic E-state index is 0.292. The first-order chi connectivity index (χ1) is 7.69. The van der Waals surface area contributed by atoms with Crippen molar-refractivity contribution in [3.63, 3.8) is 0 Å². The van der Waals surface area contributed by atoms with Gasteiger partial charge >= 0.3 is 0 Å². The Morgan fingerprint density at radius 3 is 3.12 bits per heavy atom. The molecule has 0 saturated carbocycles. The van der Waals surface area contributed by atoms with Crippen molar-refractivity contribution in [1.82, 2.24) is 9.38 Å². The van der Waals surface area contributed by atoms with Crippen molar-refractivity contribution in [2.75, 3.05) is 0 Å². The van der Waals surface area contributed by atoms with Gasteiger partial charge in [-0.15, -0.1) is 11.3 Å². The molecule has 1 unspecified atom stereocenters. The summed E-state index contributed by atoms with van der Waals surface area (Å²) in [6.45, 7) is 4.23. The van der Waals surface area contributed by atoms with Crippen molar-refractivity contribution in [2.45, 2.75) is 33.1 Å². The molecular weight excluding hydrogens is 220 g/mol. The van der Waals surface area contributed by atoms with Gasteiger partial charge in [0.2, 0.25) is 0 Å². The Kier molecular flexibility index (Phi) is 3.39. The number of Topliss-reactive ketones (excluding diaryl/α,β-unsaturated/α-hetero) is 1. The van der Waals surface area contributed by atoms with E-state index >= 15 is 0 Å². The number of carbonyl (C=O) groups excluding carboxylic acids is 1. The largest absolute Gasteiger partial charge is 0.299 e. The molecule has 2 aromatic heterocycles. The van der Waals surface area contributed by atoms with Crippen LogP contribution in [0.2, 0.25) is 0 Å². The first kappa shape index (κ1) is 11.3. The van der Waals surface area contributed by atoms with Gasteiger partial charge in [-0.2, -0.15) is 0 Å². The summed E-state index contributed by atoms with van der Waals surface area (Å²) in [6.07, 6.45) is 6.11. The fourth-order valence-electron chi connectivity index (χ4n) is 1.67. The van der Waals surface area contributed by atoms with Crippen LogP contribution in [0.1, 0.15) is 32.4 Å². The molecule has 0 aliphatic heterocycles. The Balaban J connectivity index is 1.99. The number of hydrogen-bond acceptors (Lipinski definition) is 3. The third kappa shape index (κ3) is 2.50. The number of ketones is 1. The quantitative estimate of drug-likeness (QED) is 0.800. The number of thiazole rings is 1. The number of nitrogens with zero attached hydrogens (tertiary/aromatic N) is 2. The van der Waals surface area contributed by atoms with E-state index in [0.717, 1.165) is 17.1 Å². The Hall–Kier alpha value is -1.16. The average Bonchev–Trinajstić information content (AvgIpc) is 2.77. The zero-order valence-electron chi connectivity index (χ0n) is 9.64. The summed E-state index contributed by atoms with van der Waals surface area (Å²) in [5.41, 5.74) is 0.889. The standard InChI is InChI=1S/C12H16N2OS/c1-3-9(2)6-11(15)7-10-8-14-4-5-16-12(14)13-10/h4-5,8-9H,3,6-7H2,1-2H3. The van der Waals surface area contributed by atoms with E-state index in [9.17, 15) is 4.79 Å². The Morgan fingerprint density at radius 2 is 2.44 bits per heavy atom. The Labute approximate surface area is 99.1 Å². The maximum absolute atomic E-state index is 11.7. The summed E-state index contributed by atoms with van der Waals surface area (Å²) in [5, 5.41) is 1.99. The van der Waals surface area contributed by atoms with E-state index in [0.29, 0.717) is 24.5 Å². The maximum atomic E-state index is 11.7. The number of rotatable bonds is 5. The molecule has 0 bridgehead atoms. The van der Waals surface area contributed by atoms with Crippen LogP contribution in [0.5, 0.6) is 0 Å². The van der Waals surface area contributed by atoms with Crippen LogP contribution in [0.3, 0.4) is 0 Å². The molecule has 0 saturated heterocycles. The number of carbonyl (C=O) groups is 1. The predicted octanol–water partition coefficient (Wildman–Crippen LogP) is 2.94. The van der Waals surface area contributed by atoms with Crippen molar-refractivity contribution in [2.24, 2.45) is 5.92 Å². The van der Waals surface area contributed by atoms with E-state index in [4.69, 9.17) is 0 Å². The molecule has 1 atom stereocenters. The minimum Gasteiger partial charge on any atom is -0.299 e. The van der Waals surface area contributed by atoms with E-state index < -0.39 is 0 Å². The van der Waals surface area contributed by atoms with Crippen LogP contribution in [-0.2, 0) is 11.2 Å². The van der Waals surface area contributed by atoms with Crippen molar-refractivity contribution in [3.8, 4) is 0 Å². The Morgan fingerprint density at radius 1 is 1.62 bits per heavy atom. The van der Waals surface area contributed by atoms with Gasteiger partial charge in [-0.05, 0) is 5.92 Å². The lowest BCUT2D eigenvalue weighted by molar-refractivity contribution is -0.119. The molecule has 0 radical (unpaired) electrons. The lowest BCUT2D eigenvalue weighted by Gasteiger charge is -2.05. The summed E-state index contributed by atoms with van der Waals surface area (Å²) in [6, 6.07) is 0. The van der Waals surface area contributed by atoms with E-state index in [1.54, 1.807) is 11.3 Å². The van der Waals surface area contributed by atoms with Gasteiger partial charge in [-0.3, -0.25) is 9.20 Å². The molecule has 0 spiro atoms. The molecule has 0 aliphatic carbocycles. The van der Waals surface area contributed by atoms with Crippen molar-refractivity contribution < 1.29 is 4.79 Å². The topological polar surface area (TPSA) is 34.4 Å². The van der Waals surface area contributed by atoms with Gasteiger partial charge in [0.05, 0.1) is 12.1 Å². The molecule has 2 aromatic rings. The van der Waals surface area contributed by atoms with Gasteiger partial charge < -0.3 is 0 Å². The van der Waals surface area contributed by atoms with E-state index in [2.05, 4.69) is 18.8 Å². The molecule has 0 amide bonds. The second-order valence-electron chi connectivity index (χ2n) is 4.26. The van der Waals surface area contributed by atoms with Gasteiger partial charge in [-0.25, -0.2) is 4.98 Å². The van der Waals surface area contributed by atoms with Crippen molar-refractivity contribution in [1.29, 1.82) is 0 Å².